The topological polar surface area (TPSA) is 26.0 Å². The molecule has 1 aliphatic rings. The van der Waals surface area contributed by atoms with E-state index >= 15 is 0 Å². The van der Waals surface area contributed by atoms with Gasteiger partial charge in [-0.15, -0.1) is 12.4 Å². The predicted octanol–water partition coefficient (Wildman–Crippen LogP) is 5.37. The molecule has 0 aromatic heterocycles. The van der Waals surface area contributed by atoms with Gasteiger partial charge in [0.25, 0.3) is 0 Å². The van der Waals surface area contributed by atoms with Crippen LogP contribution in [0.1, 0.15) is 44.2 Å². The van der Waals surface area contributed by atoms with Crippen LogP contribution in [0, 0.1) is 0 Å². The Labute approximate surface area is 144 Å². The maximum Gasteiger partial charge on any atom is 0.0122 e. The minimum atomic E-state index is 0. The van der Waals surface area contributed by atoms with Crippen LogP contribution < -0.4 is 5.73 Å². The number of benzene rings is 2. The molecule has 2 atom stereocenters. The largest absolute Gasteiger partial charge is 0.327 e. The number of hydrogen-bond acceptors (Lipinski definition) is 2. The Hall–Kier alpha value is -0.960. The summed E-state index contributed by atoms with van der Waals surface area (Å²) in [6, 6.07) is 18.2. The first-order valence-electron chi connectivity index (χ1n) is 7.57. The maximum absolute atomic E-state index is 5.90. The second kappa shape index (κ2) is 6.66. The summed E-state index contributed by atoms with van der Waals surface area (Å²) in [4.78, 5) is 2.58. The van der Waals surface area contributed by atoms with Crippen LogP contribution in [0.25, 0.3) is 0 Å². The van der Waals surface area contributed by atoms with Gasteiger partial charge in [-0.25, -0.2) is 0 Å². The minimum absolute atomic E-state index is 0. The third-order valence-electron chi connectivity index (χ3n) is 4.10. The Morgan fingerprint density at radius 2 is 1.36 bits per heavy atom. The van der Waals surface area contributed by atoms with Gasteiger partial charge in [-0.05, 0) is 47.2 Å². The lowest BCUT2D eigenvalue weighted by atomic mass is 9.87. The Morgan fingerprint density at radius 3 is 1.77 bits per heavy atom. The van der Waals surface area contributed by atoms with Crippen molar-refractivity contribution in [3.05, 3.63) is 59.7 Å². The van der Waals surface area contributed by atoms with Crippen LogP contribution in [0.3, 0.4) is 0 Å². The first-order valence-corrected chi connectivity index (χ1v) is 8.39. The van der Waals surface area contributed by atoms with Crippen LogP contribution in [-0.2, 0) is 5.41 Å². The zero-order chi connectivity index (χ0) is 15.0. The first-order chi connectivity index (χ1) is 9.93. The summed E-state index contributed by atoms with van der Waals surface area (Å²) in [5, 5.41) is 0. The van der Waals surface area contributed by atoms with Crippen LogP contribution in [-0.4, -0.2) is 6.04 Å². The second-order valence-corrected chi connectivity index (χ2v) is 8.10. The molecule has 2 N–H and O–H groups in total. The van der Waals surface area contributed by atoms with Gasteiger partial charge in [0.15, 0.2) is 0 Å². The van der Waals surface area contributed by atoms with Gasteiger partial charge in [0.1, 0.15) is 0 Å². The van der Waals surface area contributed by atoms with Crippen molar-refractivity contribution in [2.45, 2.75) is 54.4 Å². The van der Waals surface area contributed by atoms with E-state index in [9.17, 15) is 0 Å². The van der Waals surface area contributed by atoms with Crippen LogP contribution in [0.4, 0.5) is 0 Å². The number of halogens is 1. The van der Waals surface area contributed by atoms with Crippen molar-refractivity contribution in [2.75, 3.05) is 0 Å². The number of rotatable bonds is 3. The van der Waals surface area contributed by atoms with Crippen molar-refractivity contribution in [1.82, 2.24) is 0 Å². The Kier molecular flexibility index (Phi) is 5.26. The summed E-state index contributed by atoms with van der Waals surface area (Å²) in [6.45, 7) is 6.74. The van der Waals surface area contributed by atoms with Crippen molar-refractivity contribution in [2.24, 2.45) is 5.73 Å². The highest BCUT2D eigenvalue weighted by molar-refractivity contribution is 7.99. The molecule has 0 aliphatic heterocycles. The van der Waals surface area contributed by atoms with Crippen LogP contribution >= 0.6 is 24.2 Å². The van der Waals surface area contributed by atoms with Crippen molar-refractivity contribution < 1.29 is 0 Å². The smallest absolute Gasteiger partial charge is 0.0122 e. The van der Waals surface area contributed by atoms with E-state index in [-0.39, 0.29) is 17.8 Å². The Bertz CT molecular complexity index is 613. The number of nitrogens with two attached hydrogens (primary N) is 1. The molecule has 2 aromatic carbocycles. The molecular formula is C19H24ClNS. The lowest BCUT2D eigenvalue weighted by Crippen LogP contribution is -2.10. The van der Waals surface area contributed by atoms with Crippen molar-refractivity contribution in [1.29, 1.82) is 0 Å². The van der Waals surface area contributed by atoms with Crippen molar-refractivity contribution >= 4 is 24.2 Å². The average molecular weight is 334 g/mol. The molecule has 1 fully saturated rings. The molecule has 2 aromatic rings. The fourth-order valence-electron chi connectivity index (χ4n) is 2.54. The predicted molar refractivity (Wildman–Crippen MR) is 98.3 cm³/mol. The maximum atomic E-state index is 5.90. The highest BCUT2D eigenvalue weighted by atomic mass is 35.5. The summed E-state index contributed by atoms with van der Waals surface area (Å²) >= 11 is 1.82. The summed E-state index contributed by atoms with van der Waals surface area (Å²) < 4.78 is 0. The first kappa shape index (κ1) is 17.4. The molecule has 0 saturated heterocycles. The molecule has 0 bridgehead atoms. The van der Waals surface area contributed by atoms with Gasteiger partial charge in [-0.3, -0.25) is 0 Å². The van der Waals surface area contributed by atoms with E-state index in [1.54, 1.807) is 0 Å². The van der Waals surface area contributed by atoms with E-state index in [1.807, 2.05) is 11.8 Å². The standard InChI is InChI=1S/C19H23NS.ClH/c1-19(2,3)14-6-10-16(11-7-14)21-15-8-4-13(5-9-15)17-12-18(17)20;/h4-11,17-18H,12,20H2,1-3H3;1H/t17-,18+;/m0./s1. The molecular weight excluding hydrogens is 310 g/mol. The quantitative estimate of drug-likeness (QED) is 0.816. The van der Waals surface area contributed by atoms with E-state index in [0.717, 1.165) is 6.42 Å². The van der Waals surface area contributed by atoms with Gasteiger partial charge in [0, 0.05) is 21.8 Å². The summed E-state index contributed by atoms with van der Waals surface area (Å²) in [7, 11) is 0. The van der Waals surface area contributed by atoms with Gasteiger partial charge in [-0.1, -0.05) is 56.8 Å². The summed E-state index contributed by atoms with van der Waals surface area (Å²) in [5.41, 5.74) is 8.88. The molecule has 3 heteroatoms. The SMILES string of the molecule is CC(C)(C)c1ccc(Sc2ccc([C@@H]3C[C@H]3N)cc2)cc1.Cl. The van der Waals surface area contributed by atoms with Crippen molar-refractivity contribution in [3.63, 3.8) is 0 Å². The van der Waals surface area contributed by atoms with E-state index in [4.69, 9.17) is 5.73 Å². The monoisotopic (exact) mass is 333 g/mol. The second-order valence-electron chi connectivity index (χ2n) is 6.95. The third-order valence-corrected chi connectivity index (χ3v) is 5.12. The van der Waals surface area contributed by atoms with E-state index in [1.165, 1.54) is 20.9 Å². The van der Waals surface area contributed by atoms with Gasteiger partial charge in [0.2, 0.25) is 0 Å². The molecule has 22 heavy (non-hydrogen) atoms. The van der Waals surface area contributed by atoms with Gasteiger partial charge < -0.3 is 5.73 Å². The van der Waals surface area contributed by atoms with Crippen LogP contribution in [0.5, 0.6) is 0 Å². The molecule has 3 rings (SSSR count). The van der Waals surface area contributed by atoms with Gasteiger partial charge >= 0.3 is 0 Å². The molecule has 0 unspecified atom stereocenters. The lowest BCUT2D eigenvalue weighted by Gasteiger charge is -2.19. The molecule has 1 nitrogen and oxygen atoms in total. The fourth-order valence-corrected chi connectivity index (χ4v) is 3.36. The van der Waals surface area contributed by atoms with E-state index in [0.29, 0.717) is 12.0 Å². The molecule has 118 valence electrons. The molecule has 0 spiro atoms. The zero-order valence-corrected chi connectivity index (χ0v) is 15.0. The fraction of sp³-hybridized carbons (Fsp3) is 0.368. The van der Waals surface area contributed by atoms with Gasteiger partial charge in [-0.2, -0.15) is 0 Å². The third kappa shape index (κ3) is 4.07. The molecule has 1 saturated carbocycles. The van der Waals surface area contributed by atoms with Crippen molar-refractivity contribution in [3.8, 4) is 0 Å². The molecule has 1 aliphatic carbocycles. The van der Waals surface area contributed by atoms with Crippen LogP contribution in [0.2, 0.25) is 0 Å². The minimum Gasteiger partial charge on any atom is -0.327 e. The van der Waals surface area contributed by atoms with E-state index < -0.39 is 0 Å². The van der Waals surface area contributed by atoms with Crippen LogP contribution in [0.15, 0.2) is 58.3 Å². The lowest BCUT2D eigenvalue weighted by molar-refractivity contribution is 0.590. The Morgan fingerprint density at radius 1 is 0.909 bits per heavy atom. The summed E-state index contributed by atoms with van der Waals surface area (Å²) in [5.74, 6) is 0.593. The molecule has 0 heterocycles. The highest BCUT2D eigenvalue weighted by Gasteiger charge is 2.34. The summed E-state index contributed by atoms with van der Waals surface area (Å²) in [6.07, 6.45) is 1.14. The molecule has 0 amide bonds. The van der Waals surface area contributed by atoms with Gasteiger partial charge in [0.05, 0.1) is 0 Å². The average Bonchev–Trinajstić information content (AvgIpc) is 3.16. The van der Waals surface area contributed by atoms with E-state index in [2.05, 4.69) is 69.3 Å². The highest BCUT2D eigenvalue weighted by Crippen LogP contribution is 2.40. The zero-order valence-electron chi connectivity index (χ0n) is 13.4. The normalized spacial score (nSPS) is 20.4. The number of hydrogen-bond donors (Lipinski definition) is 1. The molecule has 0 radical (unpaired) electrons. The Balaban J connectivity index is 0.00000176.